The van der Waals surface area contributed by atoms with Crippen LogP contribution in [-0.4, -0.2) is 6.29 Å². The topological polar surface area (TPSA) is 17.1 Å². The maximum atomic E-state index is 10.1. The zero-order chi connectivity index (χ0) is 10.1. The molecule has 13 heavy (non-hydrogen) atoms. The van der Waals surface area contributed by atoms with Crippen molar-refractivity contribution < 1.29 is 4.79 Å². The molecule has 0 aromatic rings. The normalized spacial score (nSPS) is 14.4. The maximum absolute atomic E-state index is 10.1. The van der Waals surface area contributed by atoms with E-state index in [1.165, 1.54) is 11.6 Å². The molecule has 0 amide bonds. The molecule has 0 saturated carbocycles. The minimum Gasteiger partial charge on any atom is -0.299 e. The lowest BCUT2D eigenvalue weighted by Crippen LogP contribution is -1.69. The molecule has 0 unspecified atom stereocenters. The van der Waals surface area contributed by atoms with Crippen LogP contribution < -0.4 is 0 Å². The van der Waals surface area contributed by atoms with E-state index in [1.807, 2.05) is 51.2 Å². The Labute approximate surface area is 80.2 Å². The van der Waals surface area contributed by atoms with Crippen molar-refractivity contribution in [3.63, 3.8) is 0 Å². The summed E-state index contributed by atoms with van der Waals surface area (Å²) in [5.41, 5.74) is 2.15. The first kappa shape index (κ1) is 11.6. The van der Waals surface area contributed by atoms with Crippen molar-refractivity contribution in [1.29, 1.82) is 0 Å². The van der Waals surface area contributed by atoms with Gasteiger partial charge >= 0.3 is 0 Å². The highest BCUT2D eigenvalue weighted by atomic mass is 16.1. The summed E-state index contributed by atoms with van der Waals surface area (Å²) in [6, 6.07) is 0. The van der Waals surface area contributed by atoms with Gasteiger partial charge in [0.2, 0.25) is 0 Å². The van der Waals surface area contributed by atoms with Crippen LogP contribution in [0.3, 0.4) is 0 Å². The molecule has 70 valence electrons. The first-order valence-electron chi connectivity index (χ1n) is 4.30. The molecule has 0 aliphatic carbocycles. The van der Waals surface area contributed by atoms with E-state index in [4.69, 9.17) is 0 Å². The predicted molar refractivity (Wildman–Crippen MR) is 57.5 cm³/mol. The molecular formula is C12H16O. The van der Waals surface area contributed by atoms with Gasteiger partial charge in [0.1, 0.15) is 6.29 Å². The first-order chi connectivity index (χ1) is 6.20. The van der Waals surface area contributed by atoms with Crippen LogP contribution in [0.15, 0.2) is 47.6 Å². The van der Waals surface area contributed by atoms with Crippen LogP contribution in [0, 0.1) is 0 Å². The third-order valence-corrected chi connectivity index (χ3v) is 1.48. The molecule has 0 rings (SSSR count). The van der Waals surface area contributed by atoms with Gasteiger partial charge in [-0.25, -0.2) is 0 Å². The smallest absolute Gasteiger partial charge is 0.143 e. The summed E-state index contributed by atoms with van der Waals surface area (Å²) in [6.07, 6.45) is 12.2. The molecule has 0 bridgehead atoms. The average molecular weight is 176 g/mol. The molecule has 0 N–H and O–H groups in total. The molecule has 0 aromatic heterocycles. The summed E-state index contributed by atoms with van der Waals surface area (Å²) < 4.78 is 0. The van der Waals surface area contributed by atoms with E-state index in [0.717, 1.165) is 11.9 Å². The van der Waals surface area contributed by atoms with Gasteiger partial charge in [-0.2, -0.15) is 0 Å². The summed E-state index contributed by atoms with van der Waals surface area (Å²) in [5.74, 6) is 0. The van der Waals surface area contributed by atoms with Gasteiger partial charge in [-0.1, -0.05) is 36.0 Å². The van der Waals surface area contributed by atoms with Gasteiger partial charge in [-0.3, -0.25) is 4.79 Å². The minimum atomic E-state index is 0.794. The maximum Gasteiger partial charge on any atom is 0.143 e. The number of carbonyl (C=O) groups is 1. The molecule has 0 aromatic carbocycles. The van der Waals surface area contributed by atoms with Gasteiger partial charge in [0, 0.05) is 0 Å². The second-order valence-corrected chi connectivity index (χ2v) is 2.82. The van der Waals surface area contributed by atoms with Gasteiger partial charge in [0.15, 0.2) is 0 Å². The van der Waals surface area contributed by atoms with Crippen molar-refractivity contribution in [2.24, 2.45) is 0 Å². The second kappa shape index (κ2) is 7.29. The van der Waals surface area contributed by atoms with Crippen molar-refractivity contribution >= 4 is 6.29 Å². The SMILES string of the molecule is C/C=C/C(C)=C/C=C/C(C)=CC=O. The number of allylic oxidation sites excluding steroid dienone is 8. The lowest BCUT2D eigenvalue weighted by Gasteiger charge is -1.87. The lowest BCUT2D eigenvalue weighted by molar-refractivity contribution is -0.104. The predicted octanol–water partition coefficient (Wildman–Crippen LogP) is 3.21. The van der Waals surface area contributed by atoms with Gasteiger partial charge < -0.3 is 0 Å². The Hall–Kier alpha value is -1.37. The third kappa shape index (κ3) is 7.01. The summed E-state index contributed by atoms with van der Waals surface area (Å²) in [5, 5.41) is 0. The van der Waals surface area contributed by atoms with Crippen LogP contribution in [0.2, 0.25) is 0 Å². The number of rotatable bonds is 4. The van der Waals surface area contributed by atoms with E-state index in [0.29, 0.717) is 0 Å². The third-order valence-electron chi connectivity index (χ3n) is 1.48. The monoisotopic (exact) mass is 176 g/mol. The first-order valence-corrected chi connectivity index (χ1v) is 4.30. The van der Waals surface area contributed by atoms with Crippen molar-refractivity contribution in [3.05, 3.63) is 47.6 Å². The van der Waals surface area contributed by atoms with E-state index in [-0.39, 0.29) is 0 Å². The van der Waals surface area contributed by atoms with Gasteiger partial charge in [-0.15, -0.1) is 0 Å². The van der Waals surface area contributed by atoms with Crippen LogP contribution in [0.4, 0.5) is 0 Å². The fraction of sp³-hybridized carbons (Fsp3) is 0.250. The fourth-order valence-electron chi connectivity index (χ4n) is 0.833. The molecular weight excluding hydrogens is 160 g/mol. The van der Waals surface area contributed by atoms with Crippen molar-refractivity contribution in [1.82, 2.24) is 0 Å². The largest absolute Gasteiger partial charge is 0.299 e. The van der Waals surface area contributed by atoms with Gasteiger partial charge in [0.25, 0.3) is 0 Å². The van der Waals surface area contributed by atoms with E-state index >= 15 is 0 Å². The molecule has 1 heteroatoms. The van der Waals surface area contributed by atoms with Crippen molar-refractivity contribution in [3.8, 4) is 0 Å². The van der Waals surface area contributed by atoms with Crippen LogP contribution in [0.1, 0.15) is 20.8 Å². The highest BCUT2D eigenvalue weighted by molar-refractivity contribution is 5.66. The second-order valence-electron chi connectivity index (χ2n) is 2.82. The molecule has 1 nitrogen and oxygen atoms in total. The van der Waals surface area contributed by atoms with Crippen LogP contribution in [0.5, 0.6) is 0 Å². The van der Waals surface area contributed by atoms with Gasteiger partial charge in [-0.05, 0) is 32.4 Å². The zero-order valence-corrected chi connectivity index (χ0v) is 8.45. The quantitative estimate of drug-likeness (QED) is 0.365. The number of aldehydes is 1. The van der Waals surface area contributed by atoms with Crippen LogP contribution in [-0.2, 0) is 4.79 Å². The summed E-state index contributed by atoms with van der Waals surface area (Å²) in [6.45, 7) is 5.91. The number of hydrogen-bond acceptors (Lipinski definition) is 1. The number of hydrogen-bond donors (Lipinski definition) is 0. The highest BCUT2D eigenvalue weighted by Gasteiger charge is 1.78. The molecule has 0 aliphatic rings. The molecule has 0 saturated heterocycles. The minimum absolute atomic E-state index is 0.794. The Kier molecular flexibility index (Phi) is 6.52. The Balaban J connectivity index is 4.21. The lowest BCUT2D eigenvalue weighted by atomic mass is 10.2. The fourth-order valence-corrected chi connectivity index (χ4v) is 0.833. The van der Waals surface area contributed by atoms with Crippen LogP contribution in [0.25, 0.3) is 0 Å². The van der Waals surface area contributed by atoms with Gasteiger partial charge in [0.05, 0.1) is 0 Å². The molecule has 0 radical (unpaired) electrons. The number of carbonyl (C=O) groups excluding carboxylic acids is 1. The molecule has 0 heterocycles. The average Bonchev–Trinajstić information content (AvgIpc) is 2.05. The Morgan fingerprint density at radius 3 is 2.15 bits per heavy atom. The van der Waals surface area contributed by atoms with Crippen molar-refractivity contribution in [2.45, 2.75) is 20.8 Å². The Bertz CT molecular complexity index is 265. The summed E-state index contributed by atoms with van der Waals surface area (Å²) >= 11 is 0. The standard InChI is InChI=1S/C12H16O/c1-4-6-11(2)7-5-8-12(3)9-10-13/h4-10H,1-3H3/b6-4+,8-5+,11-7+,12-9?. The van der Waals surface area contributed by atoms with E-state index in [2.05, 4.69) is 0 Å². The molecule has 0 aliphatic heterocycles. The van der Waals surface area contributed by atoms with E-state index < -0.39 is 0 Å². The van der Waals surface area contributed by atoms with Crippen LogP contribution >= 0.6 is 0 Å². The van der Waals surface area contributed by atoms with Crippen molar-refractivity contribution in [2.75, 3.05) is 0 Å². The van der Waals surface area contributed by atoms with E-state index in [9.17, 15) is 4.79 Å². The molecule has 0 atom stereocenters. The summed E-state index contributed by atoms with van der Waals surface area (Å²) in [4.78, 5) is 10.1. The highest BCUT2D eigenvalue weighted by Crippen LogP contribution is 1.98. The Morgan fingerprint density at radius 1 is 1.00 bits per heavy atom. The van der Waals surface area contributed by atoms with E-state index in [1.54, 1.807) is 0 Å². The molecule has 0 fully saturated rings. The zero-order valence-electron chi connectivity index (χ0n) is 8.45. The molecule has 0 spiro atoms. The Morgan fingerprint density at radius 2 is 1.62 bits per heavy atom. The summed E-state index contributed by atoms with van der Waals surface area (Å²) in [7, 11) is 0.